The maximum atomic E-state index is 12.8. The topological polar surface area (TPSA) is 133 Å². The molecule has 0 bridgehead atoms. The Labute approximate surface area is 229 Å². The number of carbonyl (C=O) groups excluding carboxylic acids is 3. The van der Waals surface area contributed by atoms with Crippen LogP contribution in [0.2, 0.25) is 10.0 Å². The van der Waals surface area contributed by atoms with Crippen LogP contribution in [-0.2, 0) is 4.74 Å². The summed E-state index contributed by atoms with van der Waals surface area (Å²) in [6, 6.07) is 8.22. The zero-order valence-corrected chi connectivity index (χ0v) is 22.6. The van der Waals surface area contributed by atoms with Gasteiger partial charge in [-0.15, -0.1) is 0 Å². The molecule has 13 heteroatoms. The molecule has 1 aliphatic rings. The Hall–Kier alpha value is -3.83. The zero-order chi connectivity index (χ0) is 27.4. The largest absolute Gasteiger partial charge is 0.444 e. The summed E-state index contributed by atoms with van der Waals surface area (Å²) in [4.78, 5) is 45.9. The van der Waals surface area contributed by atoms with Crippen molar-refractivity contribution in [3.63, 3.8) is 0 Å². The molecule has 0 atom stereocenters. The highest BCUT2D eigenvalue weighted by atomic mass is 35.5. The maximum absolute atomic E-state index is 12.8. The molecule has 0 spiro atoms. The van der Waals surface area contributed by atoms with Gasteiger partial charge in [-0.25, -0.2) is 9.78 Å². The monoisotopic (exact) mass is 559 g/mol. The van der Waals surface area contributed by atoms with Crippen molar-refractivity contribution >= 4 is 58.3 Å². The van der Waals surface area contributed by atoms with Crippen LogP contribution in [-0.4, -0.2) is 69.8 Å². The van der Waals surface area contributed by atoms with Crippen LogP contribution in [0.5, 0.6) is 0 Å². The first kappa shape index (κ1) is 27.2. The summed E-state index contributed by atoms with van der Waals surface area (Å²) in [6.45, 7) is 7.83. The van der Waals surface area contributed by atoms with E-state index in [1.165, 1.54) is 6.20 Å². The molecule has 11 nitrogen and oxygen atoms in total. The average molecular weight is 560 g/mol. The highest BCUT2D eigenvalue weighted by molar-refractivity contribution is 6.40. The number of nitrogens with zero attached hydrogens (tertiary/aromatic N) is 4. The van der Waals surface area contributed by atoms with E-state index in [1.807, 2.05) is 26.8 Å². The number of halogens is 2. The quantitative estimate of drug-likeness (QED) is 0.413. The van der Waals surface area contributed by atoms with E-state index in [0.29, 0.717) is 32.0 Å². The lowest BCUT2D eigenvalue weighted by Gasteiger charge is -2.36. The molecule has 0 saturated carbocycles. The zero-order valence-electron chi connectivity index (χ0n) is 21.0. The summed E-state index contributed by atoms with van der Waals surface area (Å²) >= 11 is 12.2. The van der Waals surface area contributed by atoms with E-state index in [9.17, 15) is 14.4 Å². The van der Waals surface area contributed by atoms with Gasteiger partial charge >= 0.3 is 6.09 Å². The molecule has 0 aliphatic carbocycles. The first-order valence-electron chi connectivity index (χ1n) is 11.8. The number of amides is 3. The summed E-state index contributed by atoms with van der Waals surface area (Å²) < 4.78 is 5.44. The molecule has 3 aromatic rings. The summed E-state index contributed by atoms with van der Waals surface area (Å²) in [7, 11) is 0. The third kappa shape index (κ3) is 6.53. The van der Waals surface area contributed by atoms with Gasteiger partial charge in [0.1, 0.15) is 17.1 Å². The van der Waals surface area contributed by atoms with E-state index in [0.717, 1.165) is 5.69 Å². The fourth-order valence-corrected chi connectivity index (χ4v) is 4.32. The Balaban J connectivity index is 1.35. The van der Waals surface area contributed by atoms with Gasteiger partial charge in [-0.05, 0) is 45.0 Å². The molecular formula is C25H27Cl2N7O4. The predicted molar refractivity (Wildman–Crippen MR) is 145 cm³/mol. The second-order valence-electron chi connectivity index (χ2n) is 9.52. The van der Waals surface area contributed by atoms with E-state index < -0.39 is 17.4 Å². The molecule has 3 amide bonds. The van der Waals surface area contributed by atoms with Crippen LogP contribution in [0.25, 0.3) is 0 Å². The summed E-state index contributed by atoms with van der Waals surface area (Å²) in [5.41, 5.74) is 0.601. The van der Waals surface area contributed by atoms with Crippen molar-refractivity contribution in [2.24, 2.45) is 0 Å². The number of hydrogen-bond acceptors (Lipinski definition) is 7. The Morgan fingerprint density at radius 3 is 2.24 bits per heavy atom. The van der Waals surface area contributed by atoms with Gasteiger partial charge in [-0.3, -0.25) is 14.7 Å². The van der Waals surface area contributed by atoms with E-state index in [2.05, 4.69) is 30.7 Å². The SMILES string of the molecule is CC(C)(C)OC(=O)N1CCN(c2ccc(NC(=O)c3[nH]ncc3NC(=O)c3c(Cl)cccc3Cl)nc2)CC1. The lowest BCUT2D eigenvalue weighted by atomic mass is 10.2. The standard InChI is InChI=1S/C25H27Cl2N7O4/c1-25(2,3)38-24(37)34-11-9-33(10-12-34)15-7-8-19(28-13-15)31-23(36)21-18(14-29-32-21)30-22(35)20-16(26)5-4-6-17(20)27/h4-8,13-14H,9-12H2,1-3H3,(H,29,32)(H,30,35)(H,28,31,36). The number of H-pyrrole nitrogens is 1. The summed E-state index contributed by atoms with van der Waals surface area (Å²) in [5.74, 6) is -0.813. The number of aromatic nitrogens is 3. The van der Waals surface area contributed by atoms with Gasteiger partial charge in [0.25, 0.3) is 11.8 Å². The number of nitrogens with one attached hydrogen (secondary N) is 3. The second-order valence-corrected chi connectivity index (χ2v) is 10.3. The molecule has 0 unspecified atom stereocenters. The minimum absolute atomic E-state index is 0.0330. The normalized spacial score (nSPS) is 13.7. The van der Waals surface area contributed by atoms with Crippen LogP contribution in [0, 0.1) is 0 Å². The third-order valence-corrected chi connectivity index (χ3v) is 6.22. The number of benzene rings is 1. The Morgan fingerprint density at radius 1 is 0.947 bits per heavy atom. The van der Waals surface area contributed by atoms with Crippen LogP contribution >= 0.6 is 23.2 Å². The Bertz CT molecular complexity index is 1310. The minimum Gasteiger partial charge on any atom is -0.444 e. The van der Waals surface area contributed by atoms with E-state index in [1.54, 1.807) is 35.4 Å². The highest BCUT2D eigenvalue weighted by Crippen LogP contribution is 2.26. The van der Waals surface area contributed by atoms with Crippen LogP contribution < -0.4 is 15.5 Å². The van der Waals surface area contributed by atoms with Crippen molar-refractivity contribution in [3.8, 4) is 0 Å². The number of rotatable bonds is 5. The second kappa shape index (κ2) is 11.3. The molecule has 4 rings (SSSR count). The number of piperazine rings is 1. The van der Waals surface area contributed by atoms with E-state index in [-0.39, 0.29) is 33.1 Å². The number of anilines is 3. The molecule has 1 aliphatic heterocycles. The van der Waals surface area contributed by atoms with Crippen molar-refractivity contribution in [2.45, 2.75) is 26.4 Å². The lowest BCUT2D eigenvalue weighted by molar-refractivity contribution is 0.0240. The van der Waals surface area contributed by atoms with Crippen molar-refractivity contribution in [1.82, 2.24) is 20.1 Å². The van der Waals surface area contributed by atoms with Crippen molar-refractivity contribution in [2.75, 3.05) is 41.7 Å². The maximum Gasteiger partial charge on any atom is 0.410 e. The lowest BCUT2D eigenvalue weighted by Crippen LogP contribution is -2.50. The van der Waals surface area contributed by atoms with Crippen LogP contribution in [0.3, 0.4) is 0 Å². The first-order valence-corrected chi connectivity index (χ1v) is 12.6. The predicted octanol–water partition coefficient (Wildman–Crippen LogP) is 4.67. The molecular weight excluding hydrogens is 533 g/mol. The molecule has 3 N–H and O–H groups in total. The van der Waals surface area contributed by atoms with Crippen LogP contribution in [0.4, 0.5) is 22.0 Å². The van der Waals surface area contributed by atoms with Gasteiger partial charge in [0.2, 0.25) is 0 Å². The number of carbonyl (C=O) groups is 3. The van der Waals surface area contributed by atoms with Gasteiger partial charge in [-0.1, -0.05) is 29.3 Å². The van der Waals surface area contributed by atoms with Crippen LogP contribution in [0.1, 0.15) is 41.6 Å². The molecule has 1 saturated heterocycles. The van der Waals surface area contributed by atoms with Crippen molar-refractivity contribution in [3.05, 3.63) is 64.0 Å². The first-order chi connectivity index (χ1) is 18.0. The average Bonchev–Trinajstić information content (AvgIpc) is 3.32. The fourth-order valence-electron chi connectivity index (χ4n) is 3.75. The van der Waals surface area contributed by atoms with Gasteiger partial charge in [0.05, 0.1) is 39.4 Å². The summed E-state index contributed by atoms with van der Waals surface area (Å²) in [5, 5.41) is 12.1. The van der Waals surface area contributed by atoms with E-state index in [4.69, 9.17) is 27.9 Å². The van der Waals surface area contributed by atoms with Crippen molar-refractivity contribution < 1.29 is 19.1 Å². The molecule has 200 valence electrons. The number of ether oxygens (including phenoxy) is 1. The van der Waals surface area contributed by atoms with Gasteiger partial charge in [0.15, 0.2) is 0 Å². The smallest absolute Gasteiger partial charge is 0.410 e. The van der Waals surface area contributed by atoms with Gasteiger partial charge < -0.3 is 25.2 Å². The Morgan fingerprint density at radius 2 is 1.63 bits per heavy atom. The summed E-state index contributed by atoms with van der Waals surface area (Å²) in [6.07, 6.45) is 2.64. The number of aromatic amines is 1. The van der Waals surface area contributed by atoms with Gasteiger partial charge in [0, 0.05) is 26.2 Å². The van der Waals surface area contributed by atoms with Gasteiger partial charge in [-0.2, -0.15) is 5.10 Å². The third-order valence-electron chi connectivity index (χ3n) is 5.59. The molecule has 38 heavy (non-hydrogen) atoms. The molecule has 3 heterocycles. The number of pyridine rings is 1. The van der Waals surface area contributed by atoms with Crippen molar-refractivity contribution in [1.29, 1.82) is 0 Å². The highest BCUT2D eigenvalue weighted by Gasteiger charge is 2.26. The number of hydrogen-bond donors (Lipinski definition) is 3. The minimum atomic E-state index is -0.578. The molecule has 1 fully saturated rings. The van der Waals surface area contributed by atoms with Crippen LogP contribution in [0.15, 0.2) is 42.7 Å². The molecule has 1 aromatic carbocycles. The molecule has 0 radical (unpaired) electrons. The molecule has 2 aromatic heterocycles. The fraction of sp³-hybridized carbons (Fsp3) is 0.320. The Kier molecular flexibility index (Phi) is 8.08. The van der Waals surface area contributed by atoms with E-state index >= 15 is 0 Å².